The second-order valence-corrected chi connectivity index (χ2v) is 4.32. The zero-order chi connectivity index (χ0) is 9.84. The molecule has 0 saturated carbocycles. The Morgan fingerprint density at radius 1 is 1.46 bits per heavy atom. The van der Waals surface area contributed by atoms with Crippen molar-refractivity contribution in [1.29, 1.82) is 0 Å². The fourth-order valence-corrected chi connectivity index (χ4v) is 1.77. The Kier molecular flexibility index (Phi) is 3.71. The molecule has 1 aromatic carbocycles. The Morgan fingerprint density at radius 3 is 2.62 bits per heavy atom. The van der Waals surface area contributed by atoms with E-state index < -0.39 is 0 Å². The summed E-state index contributed by atoms with van der Waals surface area (Å²) in [6, 6.07) is 6.07. The molecule has 0 spiro atoms. The smallest absolute Gasteiger partial charge is 0.211 e. The molecule has 0 radical (unpaired) electrons. The van der Waals surface area contributed by atoms with Crippen LogP contribution >= 0.6 is 22.6 Å². The van der Waals surface area contributed by atoms with Crippen molar-refractivity contribution in [3.8, 4) is 0 Å². The third-order valence-electron chi connectivity index (χ3n) is 1.87. The van der Waals surface area contributed by atoms with E-state index in [2.05, 4.69) is 47.8 Å². The molecule has 0 saturated heterocycles. The van der Waals surface area contributed by atoms with Gasteiger partial charge < -0.3 is 5.32 Å². The van der Waals surface area contributed by atoms with Crippen LogP contribution < -0.4 is 5.32 Å². The van der Waals surface area contributed by atoms with Gasteiger partial charge in [0.05, 0.1) is 5.69 Å². The van der Waals surface area contributed by atoms with Gasteiger partial charge in [0.15, 0.2) is 0 Å². The van der Waals surface area contributed by atoms with Crippen molar-refractivity contribution in [2.75, 3.05) is 5.32 Å². The molecule has 0 heterocycles. The molecule has 1 N–H and O–H groups in total. The third-order valence-corrected chi connectivity index (χ3v) is 2.77. The van der Waals surface area contributed by atoms with Gasteiger partial charge in [-0.25, -0.2) is 0 Å². The molecule has 0 aliphatic heterocycles. The Morgan fingerprint density at radius 2 is 2.15 bits per heavy atom. The first kappa shape index (κ1) is 10.5. The predicted molar refractivity (Wildman–Crippen MR) is 62.9 cm³/mol. The van der Waals surface area contributed by atoms with Crippen LogP contribution in [0.3, 0.4) is 0 Å². The molecule has 0 aliphatic carbocycles. The molecular formula is C10H12INO. The maximum absolute atomic E-state index is 10.2. The van der Waals surface area contributed by atoms with E-state index in [0.29, 0.717) is 12.3 Å². The van der Waals surface area contributed by atoms with Crippen LogP contribution in [0.15, 0.2) is 18.2 Å². The fraction of sp³-hybridized carbons (Fsp3) is 0.300. The molecule has 0 aliphatic rings. The highest BCUT2D eigenvalue weighted by molar-refractivity contribution is 14.1. The van der Waals surface area contributed by atoms with Crippen molar-refractivity contribution in [1.82, 2.24) is 0 Å². The Balaban J connectivity index is 2.98. The van der Waals surface area contributed by atoms with Crippen LogP contribution in [-0.4, -0.2) is 6.41 Å². The van der Waals surface area contributed by atoms with Gasteiger partial charge in [-0.05, 0) is 46.2 Å². The summed E-state index contributed by atoms with van der Waals surface area (Å²) < 4.78 is 1.08. The predicted octanol–water partition coefficient (Wildman–Crippen LogP) is 2.98. The van der Waals surface area contributed by atoms with Gasteiger partial charge >= 0.3 is 0 Å². The topological polar surface area (TPSA) is 29.1 Å². The first-order valence-electron chi connectivity index (χ1n) is 4.14. The van der Waals surface area contributed by atoms with E-state index in [1.165, 1.54) is 5.56 Å². The summed E-state index contributed by atoms with van der Waals surface area (Å²) >= 11 is 2.22. The SMILES string of the molecule is CC(C)c1ccc(NC=O)c(I)c1. The Hall–Kier alpha value is -0.580. The van der Waals surface area contributed by atoms with Crippen molar-refractivity contribution >= 4 is 34.7 Å². The number of amides is 1. The summed E-state index contributed by atoms with van der Waals surface area (Å²) in [5, 5.41) is 2.65. The number of nitrogens with one attached hydrogen (secondary N) is 1. The largest absolute Gasteiger partial charge is 0.328 e. The Labute approximate surface area is 91.9 Å². The van der Waals surface area contributed by atoms with Crippen molar-refractivity contribution in [2.24, 2.45) is 0 Å². The fourth-order valence-electron chi connectivity index (χ4n) is 1.07. The monoisotopic (exact) mass is 289 g/mol. The average Bonchev–Trinajstić information content (AvgIpc) is 2.08. The van der Waals surface area contributed by atoms with Crippen LogP contribution in [0.5, 0.6) is 0 Å². The van der Waals surface area contributed by atoms with Gasteiger partial charge in [0, 0.05) is 3.57 Å². The van der Waals surface area contributed by atoms with Gasteiger partial charge in [-0.1, -0.05) is 19.9 Å². The van der Waals surface area contributed by atoms with Gasteiger partial charge in [0.1, 0.15) is 0 Å². The molecule has 0 fully saturated rings. The molecule has 0 aromatic heterocycles. The third kappa shape index (κ3) is 2.69. The summed E-state index contributed by atoms with van der Waals surface area (Å²) in [5.41, 5.74) is 2.17. The summed E-state index contributed by atoms with van der Waals surface area (Å²) in [7, 11) is 0. The second kappa shape index (κ2) is 4.60. The first-order chi connectivity index (χ1) is 6.15. The highest BCUT2D eigenvalue weighted by Gasteiger charge is 2.02. The normalized spacial score (nSPS) is 10.2. The summed E-state index contributed by atoms with van der Waals surface area (Å²) in [6.45, 7) is 4.30. The first-order valence-corrected chi connectivity index (χ1v) is 5.22. The lowest BCUT2D eigenvalue weighted by atomic mass is 10.0. The van der Waals surface area contributed by atoms with Crippen LogP contribution in [0.25, 0.3) is 0 Å². The Bertz CT molecular complexity index is 310. The van der Waals surface area contributed by atoms with Gasteiger partial charge in [0.25, 0.3) is 0 Å². The van der Waals surface area contributed by atoms with Crippen LogP contribution in [0.4, 0.5) is 5.69 Å². The van der Waals surface area contributed by atoms with Crippen LogP contribution in [0.1, 0.15) is 25.3 Å². The van der Waals surface area contributed by atoms with E-state index in [9.17, 15) is 4.79 Å². The molecule has 13 heavy (non-hydrogen) atoms. The van der Waals surface area contributed by atoms with E-state index in [0.717, 1.165) is 9.26 Å². The quantitative estimate of drug-likeness (QED) is 0.672. The molecule has 70 valence electrons. The number of benzene rings is 1. The number of hydrogen-bond donors (Lipinski definition) is 1. The van der Waals surface area contributed by atoms with Crippen LogP contribution in [0.2, 0.25) is 0 Å². The van der Waals surface area contributed by atoms with Gasteiger partial charge in [-0.15, -0.1) is 0 Å². The van der Waals surface area contributed by atoms with Crippen molar-refractivity contribution < 1.29 is 4.79 Å². The summed E-state index contributed by atoms with van der Waals surface area (Å²) in [6.07, 6.45) is 0.701. The molecule has 0 bridgehead atoms. The van der Waals surface area contributed by atoms with Gasteiger partial charge in [-0.3, -0.25) is 4.79 Å². The second-order valence-electron chi connectivity index (χ2n) is 3.16. The number of rotatable bonds is 3. The summed E-state index contributed by atoms with van der Waals surface area (Å²) in [4.78, 5) is 10.2. The van der Waals surface area contributed by atoms with E-state index in [1.54, 1.807) is 0 Å². The minimum Gasteiger partial charge on any atom is -0.328 e. The molecule has 0 atom stereocenters. The van der Waals surface area contributed by atoms with Gasteiger partial charge in [0.2, 0.25) is 6.41 Å². The highest BCUT2D eigenvalue weighted by Crippen LogP contribution is 2.23. The lowest BCUT2D eigenvalue weighted by Crippen LogP contribution is -1.97. The van der Waals surface area contributed by atoms with E-state index >= 15 is 0 Å². The zero-order valence-electron chi connectivity index (χ0n) is 7.67. The van der Waals surface area contributed by atoms with E-state index in [-0.39, 0.29) is 0 Å². The molecular weight excluding hydrogens is 277 g/mol. The molecule has 2 nitrogen and oxygen atoms in total. The molecule has 0 unspecified atom stereocenters. The number of carbonyl (C=O) groups excluding carboxylic acids is 1. The van der Waals surface area contributed by atoms with Crippen LogP contribution in [0, 0.1) is 3.57 Å². The number of carbonyl (C=O) groups is 1. The maximum atomic E-state index is 10.2. The molecule has 1 rings (SSSR count). The van der Waals surface area contributed by atoms with E-state index in [1.807, 2.05) is 12.1 Å². The van der Waals surface area contributed by atoms with E-state index in [4.69, 9.17) is 0 Å². The summed E-state index contributed by atoms with van der Waals surface area (Å²) in [5.74, 6) is 0.527. The molecule has 3 heteroatoms. The molecule has 1 aromatic rings. The number of halogens is 1. The molecule has 1 amide bonds. The standard InChI is InChI=1S/C10H12INO/c1-7(2)8-3-4-10(12-6-13)9(11)5-8/h3-7H,1-2H3,(H,12,13). The number of hydrogen-bond acceptors (Lipinski definition) is 1. The van der Waals surface area contributed by atoms with Crippen molar-refractivity contribution in [2.45, 2.75) is 19.8 Å². The van der Waals surface area contributed by atoms with Crippen molar-refractivity contribution in [3.63, 3.8) is 0 Å². The highest BCUT2D eigenvalue weighted by atomic mass is 127. The average molecular weight is 289 g/mol. The lowest BCUT2D eigenvalue weighted by molar-refractivity contribution is -0.105. The van der Waals surface area contributed by atoms with Crippen LogP contribution in [-0.2, 0) is 4.79 Å². The minimum atomic E-state index is 0.527. The van der Waals surface area contributed by atoms with Gasteiger partial charge in [-0.2, -0.15) is 0 Å². The number of anilines is 1. The minimum absolute atomic E-state index is 0.527. The van der Waals surface area contributed by atoms with Crippen molar-refractivity contribution in [3.05, 3.63) is 27.3 Å². The maximum Gasteiger partial charge on any atom is 0.211 e. The lowest BCUT2D eigenvalue weighted by Gasteiger charge is -2.08. The zero-order valence-corrected chi connectivity index (χ0v) is 9.83.